The SMILES string of the molecule is Cc1cc(C)c(Nc2ccc3c(c2)C(C)(C)c2cc4c(cc2-3)C(C)(C)c2ccc3ccccc3c2-4)c(C)c1. The molecule has 1 heteroatoms. The minimum absolute atomic E-state index is 0.0292. The largest absolute Gasteiger partial charge is 0.355 e. The standard InChI is InChI=1S/C37H35N/c1-21-16-22(2)35(23(3)17-21)38-25-13-14-27-28-19-33-29(20-32(28)37(6,7)31(27)18-25)34-26-11-9-8-10-24(26)12-15-30(34)36(33,4)5/h8-20,38H,1-7H3. The topological polar surface area (TPSA) is 12.0 Å². The number of hydrogen-bond donors (Lipinski definition) is 1. The van der Waals surface area contributed by atoms with Gasteiger partial charge in [-0.15, -0.1) is 0 Å². The van der Waals surface area contributed by atoms with E-state index in [2.05, 4.69) is 133 Å². The highest BCUT2D eigenvalue weighted by Gasteiger charge is 2.42. The van der Waals surface area contributed by atoms with Crippen molar-refractivity contribution in [3.05, 3.63) is 118 Å². The van der Waals surface area contributed by atoms with Gasteiger partial charge in [-0.3, -0.25) is 0 Å². The van der Waals surface area contributed by atoms with E-state index in [9.17, 15) is 0 Å². The smallest absolute Gasteiger partial charge is 0.0443 e. The first kappa shape index (κ1) is 23.3. The molecular weight excluding hydrogens is 458 g/mol. The molecule has 2 aliphatic carbocycles. The molecule has 0 saturated heterocycles. The number of nitrogens with one attached hydrogen (secondary N) is 1. The Labute approximate surface area is 226 Å². The first-order chi connectivity index (χ1) is 18.1. The van der Waals surface area contributed by atoms with Crippen molar-refractivity contribution in [2.45, 2.75) is 59.3 Å². The summed E-state index contributed by atoms with van der Waals surface area (Å²) in [7, 11) is 0. The maximum Gasteiger partial charge on any atom is 0.0443 e. The predicted molar refractivity (Wildman–Crippen MR) is 163 cm³/mol. The number of anilines is 2. The van der Waals surface area contributed by atoms with Gasteiger partial charge < -0.3 is 5.32 Å². The van der Waals surface area contributed by atoms with E-state index in [0.717, 1.165) is 5.69 Å². The summed E-state index contributed by atoms with van der Waals surface area (Å²) in [5.74, 6) is 0. The summed E-state index contributed by atoms with van der Waals surface area (Å²) in [6.07, 6.45) is 0. The van der Waals surface area contributed by atoms with E-state index in [1.54, 1.807) is 0 Å². The number of benzene rings is 5. The molecule has 0 spiro atoms. The van der Waals surface area contributed by atoms with Crippen LogP contribution in [0.15, 0.2) is 78.9 Å². The molecule has 7 rings (SSSR count). The van der Waals surface area contributed by atoms with Gasteiger partial charge in [0.2, 0.25) is 0 Å². The quantitative estimate of drug-likeness (QED) is 0.258. The van der Waals surface area contributed by atoms with Gasteiger partial charge in [-0.2, -0.15) is 0 Å². The Morgan fingerprint density at radius 3 is 1.95 bits per heavy atom. The van der Waals surface area contributed by atoms with Crippen molar-refractivity contribution in [1.82, 2.24) is 0 Å². The Morgan fingerprint density at radius 2 is 1.18 bits per heavy atom. The second-order valence-corrected chi connectivity index (χ2v) is 12.6. The Balaban J connectivity index is 1.39. The van der Waals surface area contributed by atoms with Crippen molar-refractivity contribution in [2.24, 2.45) is 0 Å². The van der Waals surface area contributed by atoms with Crippen molar-refractivity contribution in [1.29, 1.82) is 0 Å². The summed E-state index contributed by atoms with van der Waals surface area (Å²) >= 11 is 0. The average molecular weight is 494 g/mol. The second-order valence-electron chi connectivity index (χ2n) is 12.6. The molecule has 0 aromatic heterocycles. The van der Waals surface area contributed by atoms with Gasteiger partial charge in [0.25, 0.3) is 0 Å². The highest BCUT2D eigenvalue weighted by Crippen LogP contribution is 2.57. The maximum atomic E-state index is 3.75. The molecular formula is C37H35N. The third-order valence-electron chi connectivity index (χ3n) is 9.31. The molecule has 0 unspecified atom stereocenters. The van der Waals surface area contributed by atoms with Crippen LogP contribution in [0.3, 0.4) is 0 Å². The average Bonchev–Trinajstić information content (AvgIpc) is 3.24. The second kappa shape index (κ2) is 7.60. The van der Waals surface area contributed by atoms with Crippen molar-refractivity contribution in [3.8, 4) is 22.3 Å². The fraction of sp³-hybridized carbons (Fsp3) is 0.243. The van der Waals surface area contributed by atoms with Gasteiger partial charge in [0.1, 0.15) is 0 Å². The lowest BCUT2D eigenvalue weighted by atomic mass is 9.79. The van der Waals surface area contributed by atoms with Crippen LogP contribution in [0.2, 0.25) is 0 Å². The number of hydrogen-bond acceptors (Lipinski definition) is 1. The zero-order valence-electron chi connectivity index (χ0n) is 23.5. The molecule has 0 saturated carbocycles. The highest BCUT2D eigenvalue weighted by molar-refractivity contribution is 6.03. The van der Waals surface area contributed by atoms with E-state index in [1.807, 2.05) is 0 Å². The molecule has 0 aliphatic heterocycles. The minimum Gasteiger partial charge on any atom is -0.355 e. The van der Waals surface area contributed by atoms with Crippen LogP contribution in [0.1, 0.15) is 66.6 Å². The first-order valence-corrected chi connectivity index (χ1v) is 13.8. The van der Waals surface area contributed by atoms with Crippen LogP contribution < -0.4 is 5.32 Å². The lowest BCUT2D eigenvalue weighted by Crippen LogP contribution is -2.17. The summed E-state index contributed by atoms with van der Waals surface area (Å²) in [6.45, 7) is 16.1. The van der Waals surface area contributed by atoms with Crippen molar-refractivity contribution in [2.75, 3.05) is 5.32 Å². The summed E-state index contributed by atoms with van der Waals surface area (Å²) in [5, 5.41) is 6.43. The molecule has 1 nitrogen and oxygen atoms in total. The molecule has 0 radical (unpaired) electrons. The van der Waals surface area contributed by atoms with Crippen LogP contribution in [0.4, 0.5) is 11.4 Å². The minimum atomic E-state index is -0.0772. The number of rotatable bonds is 2. The van der Waals surface area contributed by atoms with Gasteiger partial charge in [-0.25, -0.2) is 0 Å². The molecule has 2 aliphatic rings. The van der Waals surface area contributed by atoms with Crippen LogP contribution in [0.25, 0.3) is 33.0 Å². The lowest BCUT2D eigenvalue weighted by molar-refractivity contribution is 0.652. The van der Waals surface area contributed by atoms with Crippen LogP contribution in [0, 0.1) is 20.8 Å². The van der Waals surface area contributed by atoms with Gasteiger partial charge in [0, 0.05) is 22.2 Å². The summed E-state index contributed by atoms with van der Waals surface area (Å²) in [6, 6.07) is 30.0. The maximum absolute atomic E-state index is 3.75. The zero-order chi connectivity index (χ0) is 26.6. The van der Waals surface area contributed by atoms with Gasteiger partial charge in [-0.05, 0) is 111 Å². The Bertz CT molecular complexity index is 1790. The van der Waals surface area contributed by atoms with Crippen LogP contribution >= 0.6 is 0 Å². The molecule has 5 aromatic carbocycles. The molecule has 0 amide bonds. The predicted octanol–water partition coefficient (Wildman–Crippen LogP) is 10.1. The molecule has 5 aromatic rings. The lowest BCUT2D eigenvalue weighted by Gasteiger charge is -2.24. The van der Waals surface area contributed by atoms with Crippen molar-refractivity contribution < 1.29 is 0 Å². The van der Waals surface area contributed by atoms with E-state index in [4.69, 9.17) is 0 Å². The van der Waals surface area contributed by atoms with Gasteiger partial charge in [0.05, 0.1) is 0 Å². The third kappa shape index (κ3) is 3.05. The van der Waals surface area contributed by atoms with Gasteiger partial charge >= 0.3 is 0 Å². The number of fused-ring (bicyclic) bond motifs is 8. The van der Waals surface area contributed by atoms with E-state index >= 15 is 0 Å². The Morgan fingerprint density at radius 1 is 0.553 bits per heavy atom. The molecule has 0 heterocycles. The van der Waals surface area contributed by atoms with Crippen LogP contribution in [-0.2, 0) is 10.8 Å². The molecule has 0 fully saturated rings. The first-order valence-electron chi connectivity index (χ1n) is 13.8. The van der Waals surface area contributed by atoms with Gasteiger partial charge in [0.15, 0.2) is 0 Å². The summed E-state index contributed by atoms with van der Waals surface area (Å²) in [4.78, 5) is 0. The molecule has 38 heavy (non-hydrogen) atoms. The zero-order valence-corrected chi connectivity index (χ0v) is 23.5. The molecule has 188 valence electrons. The molecule has 0 atom stereocenters. The van der Waals surface area contributed by atoms with E-state index in [1.165, 1.54) is 77.7 Å². The molecule has 1 N–H and O–H groups in total. The Hall–Kier alpha value is -3.84. The van der Waals surface area contributed by atoms with E-state index in [0.29, 0.717) is 0 Å². The van der Waals surface area contributed by atoms with Crippen molar-refractivity contribution in [3.63, 3.8) is 0 Å². The third-order valence-corrected chi connectivity index (χ3v) is 9.31. The number of aryl methyl sites for hydroxylation is 3. The normalized spacial score (nSPS) is 15.7. The van der Waals surface area contributed by atoms with Gasteiger partial charge in [-0.1, -0.05) is 87.9 Å². The Kier molecular flexibility index (Phi) is 4.66. The van der Waals surface area contributed by atoms with Crippen LogP contribution in [0.5, 0.6) is 0 Å². The van der Waals surface area contributed by atoms with Crippen molar-refractivity contribution >= 4 is 22.1 Å². The monoisotopic (exact) mass is 493 g/mol. The van der Waals surface area contributed by atoms with Crippen LogP contribution in [-0.4, -0.2) is 0 Å². The summed E-state index contributed by atoms with van der Waals surface area (Å²) in [5.41, 5.74) is 17.5. The highest BCUT2D eigenvalue weighted by atomic mass is 14.9. The fourth-order valence-electron chi connectivity index (χ4n) is 7.33. The van der Waals surface area contributed by atoms with E-state index in [-0.39, 0.29) is 10.8 Å². The fourth-order valence-corrected chi connectivity index (χ4v) is 7.33. The van der Waals surface area contributed by atoms with E-state index < -0.39 is 0 Å². The molecule has 0 bridgehead atoms. The summed E-state index contributed by atoms with van der Waals surface area (Å²) < 4.78 is 0.